The zero-order chi connectivity index (χ0) is 20.0. The quantitative estimate of drug-likeness (QED) is 0.706. The van der Waals surface area contributed by atoms with Crippen molar-refractivity contribution < 1.29 is 28.3 Å². The van der Waals surface area contributed by atoms with Crippen molar-refractivity contribution in [3.05, 3.63) is 40.8 Å². The molecule has 1 aromatic heterocycles. The van der Waals surface area contributed by atoms with E-state index in [1.54, 1.807) is 33.3 Å². The van der Waals surface area contributed by atoms with Crippen molar-refractivity contribution in [3.63, 3.8) is 0 Å². The molecule has 0 spiro atoms. The SMILES string of the molecule is CCc1noc(C)c1C(=O)O[C@@H](C)C(=O)NCc1ccc(OC)c(OC)c1. The van der Waals surface area contributed by atoms with Gasteiger partial charge in [-0.05, 0) is 38.0 Å². The number of rotatable bonds is 8. The van der Waals surface area contributed by atoms with E-state index in [1.165, 1.54) is 6.92 Å². The molecule has 1 atom stereocenters. The fraction of sp³-hybridized carbons (Fsp3) is 0.421. The Bertz CT molecular complexity index is 815. The predicted octanol–water partition coefficient (Wildman–Crippen LogP) is 2.42. The molecule has 0 aliphatic heterocycles. The maximum absolute atomic E-state index is 12.3. The van der Waals surface area contributed by atoms with Gasteiger partial charge in [-0.2, -0.15) is 0 Å². The molecule has 0 saturated carbocycles. The number of amides is 1. The molecule has 146 valence electrons. The van der Waals surface area contributed by atoms with E-state index in [-0.39, 0.29) is 12.1 Å². The average Bonchev–Trinajstić information content (AvgIpc) is 3.06. The fourth-order valence-corrected chi connectivity index (χ4v) is 2.52. The highest BCUT2D eigenvalue weighted by Crippen LogP contribution is 2.27. The first-order valence-corrected chi connectivity index (χ1v) is 8.55. The van der Waals surface area contributed by atoms with E-state index in [2.05, 4.69) is 10.5 Å². The molecule has 0 aliphatic rings. The Hall–Kier alpha value is -3.03. The highest BCUT2D eigenvalue weighted by atomic mass is 16.5. The van der Waals surface area contributed by atoms with Gasteiger partial charge in [0.1, 0.15) is 11.3 Å². The van der Waals surface area contributed by atoms with Gasteiger partial charge in [0.15, 0.2) is 17.6 Å². The molecule has 27 heavy (non-hydrogen) atoms. The molecular formula is C19H24N2O6. The summed E-state index contributed by atoms with van der Waals surface area (Å²) in [6.45, 7) is 5.25. The Morgan fingerprint density at radius 3 is 2.56 bits per heavy atom. The minimum Gasteiger partial charge on any atom is -0.493 e. The van der Waals surface area contributed by atoms with Gasteiger partial charge in [0.05, 0.1) is 19.9 Å². The van der Waals surface area contributed by atoms with E-state index < -0.39 is 18.0 Å². The number of nitrogens with one attached hydrogen (secondary N) is 1. The van der Waals surface area contributed by atoms with Crippen LogP contribution in [-0.2, 0) is 22.5 Å². The molecule has 0 unspecified atom stereocenters. The van der Waals surface area contributed by atoms with Crippen LogP contribution in [0.25, 0.3) is 0 Å². The number of carbonyl (C=O) groups excluding carboxylic acids is 2. The number of hydrogen-bond donors (Lipinski definition) is 1. The summed E-state index contributed by atoms with van der Waals surface area (Å²) in [4.78, 5) is 24.6. The molecular weight excluding hydrogens is 352 g/mol. The lowest BCUT2D eigenvalue weighted by atomic mass is 10.1. The molecule has 1 N–H and O–H groups in total. The predicted molar refractivity (Wildman–Crippen MR) is 96.9 cm³/mol. The molecule has 2 aromatic rings. The minimum absolute atomic E-state index is 0.258. The third-order valence-corrected chi connectivity index (χ3v) is 4.04. The van der Waals surface area contributed by atoms with Crippen LogP contribution in [0.2, 0.25) is 0 Å². The Balaban J connectivity index is 1.96. The Labute approximate surface area is 157 Å². The zero-order valence-electron chi connectivity index (χ0n) is 16.1. The summed E-state index contributed by atoms with van der Waals surface area (Å²) < 4.78 is 20.7. The summed E-state index contributed by atoms with van der Waals surface area (Å²) >= 11 is 0. The summed E-state index contributed by atoms with van der Waals surface area (Å²) in [5, 5.41) is 6.55. The first kappa shape index (κ1) is 20.3. The van der Waals surface area contributed by atoms with Gasteiger partial charge in [-0.1, -0.05) is 18.1 Å². The summed E-state index contributed by atoms with van der Waals surface area (Å²) in [5.41, 5.74) is 1.61. The van der Waals surface area contributed by atoms with Crippen molar-refractivity contribution in [2.45, 2.75) is 39.8 Å². The van der Waals surface area contributed by atoms with Crippen LogP contribution in [0.5, 0.6) is 11.5 Å². The fourth-order valence-electron chi connectivity index (χ4n) is 2.52. The van der Waals surface area contributed by atoms with Gasteiger partial charge in [-0.3, -0.25) is 4.79 Å². The van der Waals surface area contributed by atoms with E-state index in [4.69, 9.17) is 18.7 Å². The van der Waals surface area contributed by atoms with Crippen LogP contribution in [0, 0.1) is 6.92 Å². The van der Waals surface area contributed by atoms with Crippen LogP contribution in [0.3, 0.4) is 0 Å². The van der Waals surface area contributed by atoms with Crippen molar-refractivity contribution in [1.82, 2.24) is 10.5 Å². The molecule has 8 nitrogen and oxygen atoms in total. The largest absolute Gasteiger partial charge is 0.493 e. The number of aryl methyl sites for hydroxylation is 2. The van der Waals surface area contributed by atoms with Crippen LogP contribution in [0.1, 0.15) is 41.2 Å². The first-order chi connectivity index (χ1) is 12.9. The van der Waals surface area contributed by atoms with Gasteiger partial charge in [-0.25, -0.2) is 4.79 Å². The number of nitrogens with zero attached hydrogens (tertiary/aromatic N) is 1. The molecule has 0 saturated heterocycles. The third-order valence-electron chi connectivity index (χ3n) is 4.04. The highest BCUT2D eigenvalue weighted by Gasteiger charge is 2.25. The second-order valence-corrected chi connectivity index (χ2v) is 5.87. The number of esters is 1. The van der Waals surface area contributed by atoms with E-state index in [1.807, 2.05) is 13.0 Å². The third kappa shape index (κ3) is 4.78. The van der Waals surface area contributed by atoms with Crippen molar-refractivity contribution >= 4 is 11.9 Å². The summed E-state index contributed by atoms with van der Waals surface area (Å²) in [6.07, 6.45) is -0.432. The molecule has 0 radical (unpaired) electrons. The summed E-state index contributed by atoms with van der Waals surface area (Å²) in [6, 6.07) is 5.33. The van der Waals surface area contributed by atoms with Crippen LogP contribution < -0.4 is 14.8 Å². The Morgan fingerprint density at radius 2 is 1.93 bits per heavy atom. The Kier molecular flexibility index (Phi) is 6.81. The molecule has 2 rings (SSSR count). The molecule has 0 aliphatic carbocycles. The normalized spacial score (nSPS) is 11.6. The monoisotopic (exact) mass is 376 g/mol. The number of benzene rings is 1. The highest BCUT2D eigenvalue weighted by molar-refractivity contribution is 5.93. The van der Waals surface area contributed by atoms with E-state index in [0.29, 0.717) is 29.4 Å². The van der Waals surface area contributed by atoms with Crippen molar-refractivity contribution in [2.24, 2.45) is 0 Å². The average molecular weight is 376 g/mol. The number of hydrogen-bond acceptors (Lipinski definition) is 7. The lowest BCUT2D eigenvalue weighted by Gasteiger charge is -2.14. The van der Waals surface area contributed by atoms with Crippen LogP contribution in [0.15, 0.2) is 22.7 Å². The van der Waals surface area contributed by atoms with Crippen molar-refractivity contribution in [3.8, 4) is 11.5 Å². The van der Waals surface area contributed by atoms with Gasteiger partial charge in [0, 0.05) is 6.54 Å². The lowest BCUT2D eigenvalue weighted by Crippen LogP contribution is -2.35. The van der Waals surface area contributed by atoms with E-state index in [9.17, 15) is 9.59 Å². The zero-order valence-corrected chi connectivity index (χ0v) is 16.1. The molecule has 1 aromatic carbocycles. The minimum atomic E-state index is -0.961. The second kappa shape index (κ2) is 9.07. The number of methoxy groups -OCH3 is 2. The van der Waals surface area contributed by atoms with Crippen LogP contribution in [-0.4, -0.2) is 37.4 Å². The van der Waals surface area contributed by atoms with Gasteiger partial charge < -0.3 is 24.1 Å². The molecule has 1 amide bonds. The standard InChI is InChI=1S/C19H24N2O6/c1-6-14-17(11(2)27-21-14)19(23)26-12(3)18(22)20-10-13-7-8-15(24-4)16(9-13)25-5/h7-9,12H,6,10H2,1-5H3,(H,20,22)/t12-/m0/s1. The first-order valence-electron chi connectivity index (χ1n) is 8.55. The smallest absolute Gasteiger partial charge is 0.344 e. The molecule has 0 bridgehead atoms. The Morgan fingerprint density at radius 1 is 1.22 bits per heavy atom. The summed E-state index contributed by atoms with van der Waals surface area (Å²) in [7, 11) is 3.09. The van der Waals surface area contributed by atoms with Gasteiger partial charge in [-0.15, -0.1) is 0 Å². The lowest BCUT2D eigenvalue weighted by molar-refractivity contribution is -0.129. The second-order valence-electron chi connectivity index (χ2n) is 5.87. The molecule has 0 fully saturated rings. The van der Waals surface area contributed by atoms with Gasteiger partial charge >= 0.3 is 5.97 Å². The van der Waals surface area contributed by atoms with Gasteiger partial charge in [0.2, 0.25) is 0 Å². The number of ether oxygens (including phenoxy) is 3. The van der Waals surface area contributed by atoms with E-state index in [0.717, 1.165) is 5.56 Å². The molecule has 1 heterocycles. The topological polar surface area (TPSA) is 99.9 Å². The van der Waals surface area contributed by atoms with Crippen molar-refractivity contribution in [2.75, 3.05) is 14.2 Å². The number of aromatic nitrogens is 1. The van der Waals surface area contributed by atoms with Gasteiger partial charge in [0.25, 0.3) is 5.91 Å². The van der Waals surface area contributed by atoms with Crippen molar-refractivity contribution in [1.29, 1.82) is 0 Å². The maximum Gasteiger partial charge on any atom is 0.344 e. The molecule has 8 heteroatoms. The summed E-state index contributed by atoms with van der Waals surface area (Å²) in [5.74, 6) is 0.504. The maximum atomic E-state index is 12.3. The van der Waals surface area contributed by atoms with Crippen LogP contribution in [0.4, 0.5) is 0 Å². The number of carbonyl (C=O) groups is 2. The van der Waals surface area contributed by atoms with Crippen LogP contribution >= 0.6 is 0 Å². The van der Waals surface area contributed by atoms with E-state index >= 15 is 0 Å².